The number of piperidine rings is 3. The van der Waals surface area contributed by atoms with Gasteiger partial charge in [-0.25, -0.2) is 13.8 Å². The molecule has 16 nitrogen and oxygen atoms in total. The average Bonchev–Trinajstić information content (AvgIpc) is 3.93. The Hall–Kier alpha value is -6.82. The van der Waals surface area contributed by atoms with E-state index in [9.17, 15) is 37.5 Å². The molecule has 0 aliphatic carbocycles. The number of imidazole rings is 1. The highest BCUT2D eigenvalue weighted by Crippen LogP contribution is 2.41. The third-order valence-corrected chi connectivity index (χ3v) is 13.2. The molecule has 0 spiro atoms. The van der Waals surface area contributed by atoms with Gasteiger partial charge in [0.15, 0.2) is 11.6 Å². The number of nitrogens with one attached hydrogen (secondary N) is 3. The predicted molar refractivity (Wildman–Crippen MR) is 238 cm³/mol. The van der Waals surface area contributed by atoms with Gasteiger partial charge in [-0.1, -0.05) is 11.2 Å². The first-order valence-electron chi connectivity index (χ1n) is 22.7. The number of carbonyl (C=O) groups excluding carboxylic acids is 6. The summed E-state index contributed by atoms with van der Waals surface area (Å²) in [7, 11) is 0. The van der Waals surface area contributed by atoms with Crippen LogP contribution in [0, 0.1) is 25.5 Å². The lowest BCUT2D eigenvalue weighted by atomic mass is 9.98. The van der Waals surface area contributed by atoms with Gasteiger partial charge in [-0.15, -0.1) is 0 Å². The highest BCUT2D eigenvalue weighted by molar-refractivity contribution is 6.23. The molecule has 0 saturated carbocycles. The van der Waals surface area contributed by atoms with Crippen molar-refractivity contribution in [2.24, 2.45) is 0 Å². The molecular formula is C48H51F2N9O7. The Balaban J connectivity index is 0.786. The Bertz CT molecular complexity index is 2740. The van der Waals surface area contributed by atoms with Crippen molar-refractivity contribution < 1.29 is 42.1 Å². The molecule has 3 fully saturated rings. The van der Waals surface area contributed by atoms with E-state index in [4.69, 9.17) is 9.51 Å². The van der Waals surface area contributed by atoms with E-state index in [2.05, 4.69) is 30.6 Å². The van der Waals surface area contributed by atoms with Gasteiger partial charge in [-0.3, -0.25) is 43.9 Å². The molecule has 1 unspecified atom stereocenters. The highest BCUT2D eigenvalue weighted by atomic mass is 19.2. The summed E-state index contributed by atoms with van der Waals surface area (Å²) < 4.78 is 36.3. The number of likely N-dealkylation sites (tertiary alicyclic amines) is 1. The van der Waals surface area contributed by atoms with Crippen LogP contribution < -0.4 is 20.9 Å². The van der Waals surface area contributed by atoms with Crippen LogP contribution >= 0.6 is 0 Å². The number of aromatic nitrogens is 3. The number of imide groups is 2. The van der Waals surface area contributed by atoms with Gasteiger partial charge >= 0.3 is 0 Å². The Morgan fingerprint density at radius 1 is 0.818 bits per heavy atom. The van der Waals surface area contributed by atoms with Crippen molar-refractivity contribution in [3.05, 3.63) is 94.6 Å². The van der Waals surface area contributed by atoms with Crippen molar-refractivity contribution in [2.45, 2.75) is 96.2 Å². The molecule has 4 aliphatic heterocycles. The van der Waals surface area contributed by atoms with E-state index in [-0.39, 0.29) is 60.5 Å². The molecule has 6 heterocycles. The quantitative estimate of drug-likeness (QED) is 0.0840. The van der Waals surface area contributed by atoms with Crippen molar-refractivity contribution in [1.29, 1.82) is 0 Å². The number of nitrogens with zero attached hydrogens (tertiary/aromatic N) is 6. The second-order valence-corrected chi connectivity index (χ2v) is 17.6. The molecule has 5 aromatic rings. The standard InChI is InChI=1S/C48H51F2N9O7/c1-27-44(28(2)66-55-27)29-9-14-38-37(23-29)53-45(39-7-6-8-43(62)57(39)32-11-13-35(49)36(50)25-32)58(38)31-17-21-56(22-18-31)26-42(61)52-20-5-3-4-19-51-30-10-12-33-34(24-30)48(65)59(47(33)64)40-15-16-41(60)54-46(40)63/h9-14,23-25,31,39-40,51H,3-8,15-22,26H2,1-2H3,(H,52,61)(H,54,60,63)/t39-,40?/m0/s1. The van der Waals surface area contributed by atoms with Crippen molar-refractivity contribution in [3.63, 3.8) is 0 Å². The van der Waals surface area contributed by atoms with Crippen LogP contribution in [0.2, 0.25) is 0 Å². The van der Waals surface area contributed by atoms with Crippen LogP contribution in [-0.2, 0) is 19.2 Å². The maximum absolute atomic E-state index is 14.6. The number of unbranched alkanes of at least 4 members (excludes halogenated alkanes) is 2. The molecule has 9 rings (SSSR count). The van der Waals surface area contributed by atoms with Crippen LogP contribution in [0.15, 0.2) is 59.1 Å². The highest BCUT2D eigenvalue weighted by Gasteiger charge is 2.45. The zero-order valence-electron chi connectivity index (χ0n) is 36.8. The van der Waals surface area contributed by atoms with E-state index >= 15 is 0 Å². The molecule has 4 aliphatic rings. The van der Waals surface area contributed by atoms with Crippen LogP contribution in [0.4, 0.5) is 20.2 Å². The zero-order chi connectivity index (χ0) is 46.2. The van der Waals surface area contributed by atoms with Crippen molar-refractivity contribution >= 4 is 57.9 Å². The van der Waals surface area contributed by atoms with E-state index in [1.165, 1.54) is 6.07 Å². The molecule has 3 saturated heterocycles. The third-order valence-electron chi connectivity index (χ3n) is 13.2. The average molecular weight is 904 g/mol. The zero-order valence-corrected chi connectivity index (χ0v) is 36.8. The lowest BCUT2D eigenvalue weighted by molar-refractivity contribution is -0.136. The number of hydrogen-bond acceptors (Lipinski definition) is 11. The number of amides is 6. The fraction of sp³-hybridized carbons (Fsp3) is 0.417. The summed E-state index contributed by atoms with van der Waals surface area (Å²) >= 11 is 0. The smallest absolute Gasteiger partial charge is 0.262 e. The first-order chi connectivity index (χ1) is 31.9. The Labute approximate surface area is 379 Å². The minimum atomic E-state index is -1.02. The largest absolute Gasteiger partial charge is 0.385 e. The molecule has 66 heavy (non-hydrogen) atoms. The molecule has 3 aromatic carbocycles. The number of anilines is 2. The van der Waals surface area contributed by atoms with Gasteiger partial charge in [0, 0.05) is 68.1 Å². The van der Waals surface area contributed by atoms with Gasteiger partial charge in [0.25, 0.3) is 11.8 Å². The molecule has 6 amide bonds. The fourth-order valence-electron chi connectivity index (χ4n) is 9.92. The van der Waals surface area contributed by atoms with Crippen molar-refractivity contribution in [2.75, 3.05) is 42.9 Å². The number of aryl methyl sites for hydroxylation is 2. The number of hydrogen-bond donors (Lipinski definition) is 3. The fourth-order valence-corrected chi connectivity index (χ4v) is 9.92. The third kappa shape index (κ3) is 8.68. The van der Waals surface area contributed by atoms with Gasteiger partial charge in [-0.2, -0.15) is 0 Å². The number of rotatable bonds is 14. The van der Waals surface area contributed by atoms with Crippen LogP contribution in [0.25, 0.3) is 22.2 Å². The summed E-state index contributed by atoms with van der Waals surface area (Å²) in [4.78, 5) is 86.6. The Morgan fingerprint density at radius 2 is 1.61 bits per heavy atom. The first kappa shape index (κ1) is 44.4. The minimum Gasteiger partial charge on any atom is -0.385 e. The van der Waals surface area contributed by atoms with Gasteiger partial charge < -0.3 is 24.6 Å². The van der Waals surface area contributed by atoms with Crippen LogP contribution in [0.3, 0.4) is 0 Å². The molecule has 3 N–H and O–H groups in total. The number of fused-ring (bicyclic) bond motifs is 2. The molecule has 2 aromatic heterocycles. The summed E-state index contributed by atoms with van der Waals surface area (Å²) in [6.45, 7) is 6.47. The first-order valence-corrected chi connectivity index (χ1v) is 22.7. The summed E-state index contributed by atoms with van der Waals surface area (Å²) in [5.41, 5.74) is 5.59. The molecular weight excluding hydrogens is 853 g/mol. The monoisotopic (exact) mass is 903 g/mol. The van der Waals surface area contributed by atoms with Crippen molar-refractivity contribution in [3.8, 4) is 11.1 Å². The maximum atomic E-state index is 14.6. The second-order valence-electron chi connectivity index (χ2n) is 17.6. The Morgan fingerprint density at radius 3 is 2.36 bits per heavy atom. The second kappa shape index (κ2) is 18.6. The van der Waals surface area contributed by atoms with Gasteiger partial charge in [0.05, 0.1) is 40.4 Å². The molecule has 18 heteroatoms. The lowest BCUT2D eigenvalue weighted by Crippen LogP contribution is -2.54. The van der Waals surface area contributed by atoms with Crippen LogP contribution in [0.5, 0.6) is 0 Å². The predicted octanol–water partition coefficient (Wildman–Crippen LogP) is 6.28. The normalized spacial score (nSPS) is 19.5. The van der Waals surface area contributed by atoms with Gasteiger partial charge in [0.1, 0.15) is 17.6 Å². The van der Waals surface area contributed by atoms with E-state index in [0.29, 0.717) is 56.3 Å². The molecule has 344 valence electrons. The number of carbonyl (C=O) groups is 6. The van der Waals surface area contributed by atoms with E-state index < -0.39 is 47.3 Å². The number of benzene rings is 3. The summed E-state index contributed by atoms with van der Waals surface area (Å²) in [5, 5.41) is 12.7. The molecule has 2 atom stereocenters. The molecule has 0 bridgehead atoms. The lowest BCUT2D eigenvalue weighted by Gasteiger charge is -2.38. The summed E-state index contributed by atoms with van der Waals surface area (Å²) in [5.74, 6) is -3.04. The minimum absolute atomic E-state index is 0.000946. The SMILES string of the molecule is Cc1noc(C)c1-c1ccc2c(c1)nc([C@@H]1CCCC(=O)N1c1ccc(F)c(F)c1)n2C1CCN(CC(=O)NCCCCCNc2ccc3c(c2)C(=O)N(C2CCC(=O)NC2=O)C3=O)CC1. The summed E-state index contributed by atoms with van der Waals surface area (Å²) in [6.07, 6.45) is 5.52. The topological polar surface area (TPSA) is 192 Å². The number of halogens is 2. The van der Waals surface area contributed by atoms with Crippen molar-refractivity contribution in [1.82, 2.24) is 35.1 Å². The van der Waals surface area contributed by atoms with E-state index in [1.807, 2.05) is 32.0 Å². The van der Waals surface area contributed by atoms with E-state index in [0.717, 1.165) is 77.0 Å². The summed E-state index contributed by atoms with van der Waals surface area (Å²) in [6, 6.07) is 13.0. The van der Waals surface area contributed by atoms with Gasteiger partial charge in [-0.05, 0) is 113 Å². The van der Waals surface area contributed by atoms with Crippen LogP contribution in [-0.4, -0.2) is 98.7 Å². The van der Waals surface area contributed by atoms with E-state index in [1.54, 1.807) is 23.1 Å². The van der Waals surface area contributed by atoms with Gasteiger partial charge in [0.2, 0.25) is 23.6 Å². The molecule has 0 radical (unpaired) electrons. The maximum Gasteiger partial charge on any atom is 0.262 e. The van der Waals surface area contributed by atoms with Crippen LogP contribution in [0.1, 0.15) is 114 Å². The Kier molecular flexibility index (Phi) is 12.5.